The molecule has 0 amide bonds. The number of nitrogens with zero attached hydrogens (tertiary/aromatic N) is 1. The third kappa shape index (κ3) is 2.55. The number of likely N-dealkylation sites (tertiary alicyclic amines) is 1. The second-order valence-corrected chi connectivity index (χ2v) is 4.81. The van der Waals surface area contributed by atoms with Gasteiger partial charge in [-0.3, -0.25) is 9.69 Å². The van der Waals surface area contributed by atoms with Gasteiger partial charge in [0, 0.05) is 37.0 Å². The van der Waals surface area contributed by atoms with Gasteiger partial charge in [-0.05, 0) is 13.0 Å². The Morgan fingerprint density at radius 3 is 2.76 bits per heavy atom. The van der Waals surface area contributed by atoms with Crippen LogP contribution in [0.2, 0.25) is 0 Å². The van der Waals surface area contributed by atoms with E-state index in [4.69, 9.17) is 0 Å². The predicted octanol–water partition coefficient (Wildman–Crippen LogP) is 2.63. The maximum atomic E-state index is 13.6. The van der Waals surface area contributed by atoms with Gasteiger partial charge in [0.2, 0.25) is 0 Å². The number of carbonyl (C=O) groups is 1. The molecule has 1 saturated heterocycles. The summed E-state index contributed by atoms with van der Waals surface area (Å²) >= 11 is 0. The SMILES string of the molecule is CC1C(=O)CCN(Cc2ccccc2F)C1C. The zero-order valence-electron chi connectivity index (χ0n) is 10.3. The molecule has 1 aliphatic heterocycles. The summed E-state index contributed by atoms with van der Waals surface area (Å²) in [4.78, 5) is 13.8. The first-order chi connectivity index (χ1) is 8.09. The fraction of sp³-hybridized carbons (Fsp3) is 0.500. The van der Waals surface area contributed by atoms with Gasteiger partial charge in [-0.15, -0.1) is 0 Å². The molecule has 3 heteroatoms. The summed E-state index contributed by atoms with van der Waals surface area (Å²) in [5.74, 6) is 0.210. The number of hydrogen-bond acceptors (Lipinski definition) is 2. The van der Waals surface area contributed by atoms with Crippen molar-refractivity contribution < 1.29 is 9.18 Å². The van der Waals surface area contributed by atoms with Crippen molar-refractivity contribution in [1.29, 1.82) is 0 Å². The van der Waals surface area contributed by atoms with E-state index in [1.165, 1.54) is 6.07 Å². The predicted molar refractivity (Wildman–Crippen MR) is 65.1 cm³/mol. The summed E-state index contributed by atoms with van der Waals surface area (Å²) in [6.45, 7) is 5.33. The van der Waals surface area contributed by atoms with Crippen LogP contribution in [-0.2, 0) is 11.3 Å². The van der Waals surface area contributed by atoms with E-state index < -0.39 is 0 Å². The number of hydrogen-bond donors (Lipinski definition) is 0. The van der Waals surface area contributed by atoms with Crippen molar-refractivity contribution in [3.8, 4) is 0 Å². The molecule has 0 spiro atoms. The van der Waals surface area contributed by atoms with Crippen LogP contribution in [0.5, 0.6) is 0 Å². The molecule has 0 aromatic heterocycles. The molecule has 0 aliphatic carbocycles. The van der Waals surface area contributed by atoms with Crippen molar-refractivity contribution >= 4 is 5.78 Å². The molecule has 92 valence electrons. The lowest BCUT2D eigenvalue weighted by molar-refractivity contribution is -0.128. The Bertz CT molecular complexity index is 418. The maximum absolute atomic E-state index is 13.6. The zero-order valence-corrected chi connectivity index (χ0v) is 10.3. The fourth-order valence-electron chi connectivity index (χ4n) is 2.34. The molecular formula is C14H18FNO. The minimum Gasteiger partial charge on any atom is -0.299 e. The number of rotatable bonds is 2. The van der Waals surface area contributed by atoms with Gasteiger partial charge in [0.1, 0.15) is 11.6 Å². The van der Waals surface area contributed by atoms with Crippen molar-refractivity contribution in [3.05, 3.63) is 35.6 Å². The van der Waals surface area contributed by atoms with Gasteiger partial charge in [0.25, 0.3) is 0 Å². The van der Waals surface area contributed by atoms with E-state index in [9.17, 15) is 9.18 Å². The minimum atomic E-state index is -0.163. The molecule has 17 heavy (non-hydrogen) atoms. The Kier molecular flexibility index (Phi) is 3.57. The van der Waals surface area contributed by atoms with Crippen LogP contribution in [0.15, 0.2) is 24.3 Å². The van der Waals surface area contributed by atoms with Gasteiger partial charge in [-0.1, -0.05) is 25.1 Å². The van der Waals surface area contributed by atoms with Gasteiger partial charge in [-0.2, -0.15) is 0 Å². The number of halogens is 1. The maximum Gasteiger partial charge on any atom is 0.138 e. The lowest BCUT2D eigenvalue weighted by Crippen LogP contribution is -2.46. The van der Waals surface area contributed by atoms with Crippen LogP contribution in [0.25, 0.3) is 0 Å². The summed E-state index contributed by atoms with van der Waals surface area (Å²) in [5, 5.41) is 0. The standard InChI is InChI=1S/C14H18FNO/c1-10-11(2)16(8-7-14(10)17)9-12-5-3-4-6-13(12)15/h3-6,10-11H,7-9H2,1-2H3. The van der Waals surface area contributed by atoms with Crippen molar-refractivity contribution in [1.82, 2.24) is 4.90 Å². The molecule has 1 aliphatic rings. The molecule has 1 fully saturated rings. The molecular weight excluding hydrogens is 217 g/mol. The third-order valence-electron chi connectivity index (χ3n) is 3.78. The van der Waals surface area contributed by atoms with E-state index in [1.54, 1.807) is 6.07 Å². The Morgan fingerprint density at radius 1 is 1.35 bits per heavy atom. The average molecular weight is 235 g/mol. The highest BCUT2D eigenvalue weighted by molar-refractivity contribution is 5.82. The first kappa shape index (κ1) is 12.2. The van der Waals surface area contributed by atoms with Crippen molar-refractivity contribution in [2.24, 2.45) is 5.92 Å². The smallest absolute Gasteiger partial charge is 0.138 e. The molecule has 2 rings (SSSR count). The molecule has 2 unspecified atom stereocenters. The first-order valence-electron chi connectivity index (χ1n) is 6.09. The van der Waals surface area contributed by atoms with E-state index in [0.717, 1.165) is 6.54 Å². The molecule has 0 radical (unpaired) electrons. The lowest BCUT2D eigenvalue weighted by Gasteiger charge is -2.37. The second-order valence-electron chi connectivity index (χ2n) is 4.81. The van der Waals surface area contributed by atoms with E-state index in [2.05, 4.69) is 4.90 Å². The average Bonchev–Trinajstić information content (AvgIpc) is 2.32. The summed E-state index contributed by atoms with van der Waals surface area (Å²) in [5.41, 5.74) is 0.709. The number of piperidine rings is 1. The highest BCUT2D eigenvalue weighted by Crippen LogP contribution is 2.22. The van der Waals surface area contributed by atoms with Gasteiger partial charge in [0.05, 0.1) is 0 Å². The Balaban J connectivity index is 2.09. The fourth-order valence-corrected chi connectivity index (χ4v) is 2.34. The van der Waals surface area contributed by atoms with Crippen molar-refractivity contribution in [2.45, 2.75) is 32.9 Å². The van der Waals surface area contributed by atoms with Crippen molar-refractivity contribution in [3.63, 3.8) is 0 Å². The molecule has 1 aromatic rings. The molecule has 1 heterocycles. The number of benzene rings is 1. The van der Waals surface area contributed by atoms with Crippen LogP contribution in [0.4, 0.5) is 4.39 Å². The number of Topliss-reactive ketones (excluding diaryl/α,β-unsaturated/α-hetero) is 1. The molecule has 2 nitrogen and oxygen atoms in total. The highest BCUT2D eigenvalue weighted by atomic mass is 19.1. The summed E-state index contributed by atoms with van der Waals surface area (Å²) in [6, 6.07) is 7.03. The summed E-state index contributed by atoms with van der Waals surface area (Å²) < 4.78 is 13.6. The molecule has 0 N–H and O–H groups in total. The van der Waals surface area contributed by atoms with Gasteiger partial charge >= 0.3 is 0 Å². The monoisotopic (exact) mass is 235 g/mol. The topological polar surface area (TPSA) is 20.3 Å². The highest BCUT2D eigenvalue weighted by Gasteiger charge is 2.30. The van der Waals surface area contributed by atoms with E-state index in [-0.39, 0.29) is 17.8 Å². The van der Waals surface area contributed by atoms with E-state index >= 15 is 0 Å². The molecule has 1 aromatic carbocycles. The number of carbonyl (C=O) groups excluding carboxylic acids is 1. The van der Waals surface area contributed by atoms with Crippen LogP contribution in [0, 0.1) is 11.7 Å². The van der Waals surface area contributed by atoms with Crippen LogP contribution >= 0.6 is 0 Å². The van der Waals surface area contributed by atoms with Crippen LogP contribution in [0.3, 0.4) is 0 Å². The van der Waals surface area contributed by atoms with Crippen LogP contribution in [0.1, 0.15) is 25.8 Å². The van der Waals surface area contributed by atoms with E-state index in [1.807, 2.05) is 26.0 Å². The van der Waals surface area contributed by atoms with Gasteiger partial charge in [0.15, 0.2) is 0 Å². The van der Waals surface area contributed by atoms with Gasteiger partial charge in [-0.25, -0.2) is 4.39 Å². The van der Waals surface area contributed by atoms with E-state index in [0.29, 0.717) is 24.3 Å². The minimum absolute atomic E-state index is 0.0514. The Morgan fingerprint density at radius 2 is 2.06 bits per heavy atom. The Labute approximate surface area is 101 Å². The lowest BCUT2D eigenvalue weighted by atomic mass is 9.90. The largest absolute Gasteiger partial charge is 0.299 e. The van der Waals surface area contributed by atoms with Crippen LogP contribution < -0.4 is 0 Å². The van der Waals surface area contributed by atoms with Gasteiger partial charge < -0.3 is 0 Å². The third-order valence-corrected chi connectivity index (χ3v) is 3.78. The normalized spacial score (nSPS) is 26.2. The number of ketones is 1. The zero-order chi connectivity index (χ0) is 12.4. The van der Waals surface area contributed by atoms with Crippen molar-refractivity contribution in [2.75, 3.05) is 6.54 Å². The second kappa shape index (κ2) is 4.96. The first-order valence-corrected chi connectivity index (χ1v) is 6.09. The molecule has 0 bridgehead atoms. The Hall–Kier alpha value is -1.22. The molecule has 0 saturated carbocycles. The quantitative estimate of drug-likeness (QED) is 0.785. The summed E-state index contributed by atoms with van der Waals surface area (Å²) in [7, 11) is 0. The molecule has 2 atom stereocenters. The van der Waals surface area contributed by atoms with Crippen LogP contribution in [-0.4, -0.2) is 23.3 Å². The summed E-state index contributed by atoms with van der Waals surface area (Å²) in [6.07, 6.45) is 0.583.